The number of anilines is 1. The Morgan fingerprint density at radius 3 is 2.63 bits per heavy atom. The van der Waals surface area contributed by atoms with Crippen LogP contribution < -0.4 is 10.6 Å². The Kier molecular flexibility index (Phi) is 4.89. The molecule has 5 heteroatoms. The molecule has 0 radical (unpaired) electrons. The highest BCUT2D eigenvalue weighted by Crippen LogP contribution is 2.23. The molecule has 0 aliphatic carbocycles. The summed E-state index contributed by atoms with van der Waals surface area (Å²) in [4.78, 5) is 14.0. The summed E-state index contributed by atoms with van der Waals surface area (Å²) < 4.78 is 4.81. The molecule has 0 bridgehead atoms. The highest BCUT2D eigenvalue weighted by atomic mass is 32.1. The first-order chi connectivity index (χ1) is 8.77. The van der Waals surface area contributed by atoms with Crippen LogP contribution in [-0.4, -0.2) is 31.7 Å². The average molecular weight is 280 g/mol. The summed E-state index contributed by atoms with van der Waals surface area (Å²) in [6.07, 6.45) is 0. The van der Waals surface area contributed by atoms with Gasteiger partial charge in [0.05, 0.1) is 12.5 Å². The highest BCUT2D eigenvalue weighted by Gasteiger charge is 2.30. The van der Waals surface area contributed by atoms with E-state index in [1.165, 1.54) is 7.11 Å². The van der Waals surface area contributed by atoms with Crippen LogP contribution in [0.5, 0.6) is 0 Å². The van der Waals surface area contributed by atoms with Gasteiger partial charge in [-0.25, -0.2) is 0 Å². The monoisotopic (exact) mass is 280 g/mol. The third kappa shape index (κ3) is 3.92. The van der Waals surface area contributed by atoms with Crippen LogP contribution in [0.4, 0.5) is 5.69 Å². The summed E-state index contributed by atoms with van der Waals surface area (Å²) in [7, 11) is 3.32. The van der Waals surface area contributed by atoms with Crippen molar-refractivity contribution >= 4 is 28.9 Å². The minimum Gasteiger partial charge on any atom is -0.469 e. The molecule has 4 nitrogen and oxygen atoms in total. The standard InChI is InChI=1S/C14H20N2O2S/c1-14(2,13(17)18-4)9-16(3)11-7-5-6-10(8-11)12(15)19/h5-8H,9H2,1-4H3,(H2,15,19). The van der Waals surface area contributed by atoms with Crippen LogP contribution in [0.3, 0.4) is 0 Å². The smallest absolute Gasteiger partial charge is 0.313 e. The molecule has 0 unspecified atom stereocenters. The van der Waals surface area contributed by atoms with Crippen molar-refractivity contribution in [3.8, 4) is 0 Å². The van der Waals surface area contributed by atoms with Crippen molar-refractivity contribution in [2.75, 3.05) is 25.6 Å². The Morgan fingerprint density at radius 2 is 2.11 bits per heavy atom. The number of esters is 1. The minimum absolute atomic E-state index is 0.232. The van der Waals surface area contributed by atoms with Gasteiger partial charge in [-0.05, 0) is 26.0 Å². The van der Waals surface area contributed by atoms with Crippen molar-refractivity contribution in [2.24, 2.45) is 11.1 Å². The molecular formula is C14H20N2O2S. The lowest BCUT2D eigenvalue weighted by Gasteiger charge is -2.29. The molecule has 2 N–H and O–H groups in total. The van der Waals surface area contributed by atoms with Crippen LogP contribution in [0.15, 0.2) is 24.3 Å². The van der Waals surface area contributed by atoms with E-state index in [0.717, 1.165) is 11.3 Å². The average Bonchev–Trinajstić information content (AvgIpc) is 2.37. The summed E-state index contributed by atoms with van der Waals surface area (Å²) in [6, 6.07) is 7.63. The minimum atomic E-state index is -0.581. The Balaban J connectivity index is 2.89. The summed E-state index contributed by atoms with van der Waals surface area (Å²) >= 11 is 4.96. The molecule has 0 fully saturated rings. The van der Waals surface area contributed by atoms with Gasteiger partial charge >= 0.3 is 5.97 Å². The van der Waals surface area contributed by atoms with Gasteiger partial charge in [-0.3, -0.25) is 4.79 Å². The molecule has 1 aromatic rings. The van der Waals surface area contributed by atoms with Crippen molar-refractivity contribution in [1.29, 1.82) is 0 Å². The molecule has 0 heterocycles. The molecule has 0 aliphatic heterocycles. The maximum atomic E-state index is 11.7. The van der Waals surface area contributed by atoms with Gasteiger partial charge in [0.25, 0.3) is 0 Å². The van der Waals surface area contributed by atoms with Gasteiger partial charge in [0.1, 0.15) is 4.99 Å². The Hall–Kier alpha value is -1.62. The van der Waals surface area contributed by atoms with Gasteiger partial charge in [-0.1, -0.05) is 24.4 Å². The van der Waals surface area contributed by atoms with E-state index in [0.29, 0.717) is 11.5 Å². The highest BCUT2D eigenvalue weighted by molar-refractivity contribution is 7.80. The molecule has 0 amide bonds. The third-order valence-corrected chi connectivity index (χ3v) is 3.18. The van der Waals surface area contributed by atoms with E-state index in [2.05, 4.69) is 0 Å². The normalized spacial score (nSPS) is 10.9. The van der Waals surface area contributed by atoms with Crippen LogP contribution >= 0.6 is 12.2 Å². The zero-order valence-electron chi connectivity index (χ0n) is 11.8. The molecule has 0 saturated carbocycles. The van der Waals surface area contributed by atoms with Gasteiger partial charge < -0.3 is 15.4 Å². The summed E-state index contributed by atoms with van der Waals surface area (Å²) in [5.41, 5.74) is 6.81. The number of ether oxygens (including phenoxy) is 1. The molecule has 0 saturated heterocycles. The SMILES string of the molecule is COC(=O)C(C)(C)CN(C)c1cccc(C(N)=S)c1. The second kappa shape index (κ2) is 6.02. The fourth-order valence-corrected chi connectivity index (χ4v) is 2.05. The molecular weight excluding hydrogens is 260 g/mol. The van der Waals surface area contributed by atoms with Crippen LogP contribution in [0.2, 0.25) is 0 Å². The Labute approximate surface area is 119 Å². The topological polar surface area (TPSA) is 55.6 Å². The molecule has 0 atom stereocenters. The van der Waals surface area contributed by atoms with Gasteiger partial charge in [-0.15, -0.1) is 0 Å². The van der Waals surface area contributed by atoms with Crippen LogP contribution in [0.25, 0.3) is 0 Å². The van der Waals surface area contributed by atoms with Crippen LogP contribution in [0, 0.1) is 5.41 Å². The number of carbonyl (C=O) groups is 1. The fraction of sp³-hybridized carbons (Fsp3) is 0.429. The summed E-state index contributed by atoms with van der Waals surface area (Å²) in [5, 5.41) is 0. The van der Waals surface area contributed by atoms with Crippen molar-refractivity contribution < 1.29 is 9.53 Å². The molecule has 1 rings (SSSR count). The maximum absolute atomic E-state index is 11.7. The Morgan fingerprint density at radius 1 is 1.47 bits per heavy atom. The molecule has 0 aromatic heterocycles. The van der Waals surface area contributed by atoms with Crippen LogP contribution in [-0.2, 0) is 9.53 Å². The zero-order chi connectivity index (χ0) is 14.6. The zero-order valence-corrected chi connectivity index (χ0v) is 12.6. The molecule has 104 valence electrons. The fourth-order valence-electron chi connectivity index (χ4n) is 1.92. The number of methoxy groups -OCH3 is 1. The second-order valence-corrected chi connectivity index (χ2v) is 5.59. The van der Waals surface area contributed by atoms with Gasteiger partial charge in [0.2, 0.25) is 0 Å². The van der Waals surface area contributed by atoms with E-state index in [4.69, 9.17) is 22.7 Å². The van der Waals surface area contributed by atoms with Crippen molar-refractivity contribution in [1.82, 2.24) is 0 Å². The lowest BCUT2D eigenvalue weighted by molar-refractivity contribution is -0.150. The lowest BCUT2D eigenvalue weighted by Crippen LogP contribution is -2.38. The third-order valence-electron chi connectivity index (χ3n) is 2.94. The molecule has 0 aliphatic rings. The van der Waals surface area contributed by atoms with E-state index in [1.54, 1.807) is 0 Å². The number of nitrogens with zero attached hydrogens (tertiary/aromatic N) is 1. The number of thiocarbonyl (C=S) groups is 1. The molecule has 19 heavy (non-hydrogen) atoms. The number of nitrogens with two attached hydrogens (primary N) is 1. The second-order valence-electron chi connectivity index (χ2n) is 5.15. The summed E-state index contributed by atoms with van der Waals surface area (Å²) in [5.74, 6) is -0.232. The van der Waals surface area contributed by atoms with E-state index >= 15 is 0 Å². The number of hydrogen-bond acceptors (Lipinski definition) is 4. The predicted octanol–water partition coefficient (Wildman–Crippen LogP) is 1.96. The molecule has 1 aromatic carbocycles. The number of carbonyl (C=O) groups excluding carboxylic acids is 1. The van der Waals surface area contributed by atoms with Crippen molar-refractivity contribution in [3.05, 3.63) is 29.8 Å². The Bertz CT molecular complexity index is 486. The van der Waals surface area contributed by atoms with Gasteiger partial charge in [-0.2, -0.15) is 0 Å². The largest absolute Gasteiger partial charge is 0.469 e. The van der Waals surface area contributed by atoms with Crippen LogP contribution in [0.1, 0.15) is 19.4 Å². The van der Waals surface area contributed by atoms with E-state index in [-0.39, 0.29) is 5.97 Å². The van der Waals surface area contributed by atoms with E-state index < -0.39 is 5.41 Å². The van der Waals surface area contributed by atoms with E-state index in [1.807, 2.05) is 50.1 Å². The number of hydrogen-bond donors (Lipinski definition) is 1. The number of benzene rings is 1. The van der Waals surface area contributed by atoms with Crippen molar-refractivity contribution in [3.63, 3.8) is 0 Å². The first-order valence-corrected chi connectivity index (χ1v) is 6.38. The molecule has 0 spiro atoms. The first kappa shape index (κ1) is 15.4. The first-order valence-electron chi connectivity index (χ1n) is 5.97. The predicted molar refractivity (Wildman–Crippen MR) is 81.4 cm³/mol. The summed E-state index contributed by atoms with van der Waals surface area (Å²) in [6.45, 7) is 4.25. The number of rotatable bonds is 5. The quantitative estimate of drug-likeness (QED) is 0.660. The van der Waals surface area contributed by atoms with Gasteiger partial charge in [0.15, 0.2) is 0 Å². The van der Waals surface area contributed by atoms with Crippen molar-refractivity contribution in [2.45, 2.75) is 13.8 Å². The van der Waals surface area contributed by atoms with Gasteiger partial charge in [0, 0.05) is 24.8 Å². The maximum Gasteiger partial charge on any atom is 0.313 e. The lowest BCUT2D eigenvalue weighted by atomic mass is 9.93. The van der Waals surface area contributed by atoms with E-state index in [9.17, 15) is 4.79 Å².